The lowest BCUT2D eigenvalue weighted by Gasteiger charge is -2.25. The maximum absolute atomic E-state index is 10.3. The zero-order valence-corrected chi connectivity index (χ0v) is 8.13. The van der Waals surface area contributed by atoms with Crippen molar-refractivity contribution >= 4 is 10.7 Å². The molecule has 0 amide bonds. The van der Waals surface area contributed by atoms with Gasteiger partial charge in [-0.05, 0) is 45.3 Å². The zero-order chi connectivity index (χ0) is 8.81. The second-order valence-corrected chi connectivity index (χ2v) is 4.23. The first-order chi connectivity index (χ1) is 5.79. The summed E-state index contributed by atoms with van der Waals surface area (Å²) in [6, 6.07) is 0. The van der Waals surface area contributed by atoms with Crippen molar-refractivity contribution < 1.29 is 8.42 Å². The molecule has 0 unspecified atom stereocenters. The number of thiol groups is 1. The van der Waals surface area contributed by atoms with Crippen LogP contribution in [0.3, 0.4) is 0 Å². The fourth-order valence-electron chi connectivity index (χ4n) is 1.45. The molecular weight excluding hydrogens is 174 g/mol. The molecule has 71 valence electrons. The van der Waals surface area contributed by atoms with E-state index in [1.807, 2.05) is 0 Å². The molecule has 0 atom stereocenters. The summed E-state index contributed by atoms with van der Waals surface area (Å²) >= 11 is 0. The van der Waals surface area contributed by atoms with Gasteiger partial charge in [-0.25, -0.2) is 8.42 Å². The molecule has 1 aliphatic heterocycles. The van der Waals surface area contributed by atoms with E-state index in [1.54, 1.807) is 0 Å². The Morgan fingerprint density at radius 3 is 2.50 bits per heavy atom. The van der Waals surface area contributed by atoms with Gasteiger partial charge in [0.05, 0.1) is 0 Å². The largest absolute Gasteiger partial charge is 0.303 e. The molecule has 0 bridgehead atoms. The standard InChI is InChI=1S/C8H16NO2S/c10-12(11)8-4-7-9-5-2-1-3-6-9/h1,12H,2-8H2. The molecule has 0 spiro atoms. The normalized spacial score (nSPS) is 20.1. The first-order valence-corrected chi connectivity index (χ1v) is 5.81. The average Bonchev–Trinajstić information content (AvgIpc) is 2.05. The van der Waals surface area contributed by atoms with Gasteiger partial charge in [0.1, 0.15) is 10.7 Å². The highest BCUT2D eigenvalue weighted by molar-refractivity contribution is 7.72. The van der Waals surface area contributed by atoms with Gasteiger partial charge >= 0.3 is 0 Å². The second kappa shape index (κ2) is 5.54. The summed E-state index contributed by atoms with van der Waals surface area (Å²) in [4.78, 5) is 2.33. The maximum Gasteiger partial charge on any atom is 0.140 e. The third-order valence-corrected chi connectivity index (χ3v) is 2.80. The van der Waals surface area contributed by atoms with Crippen LogP contribution in [0.1, 0.15) is 19.3 Å². The van der Waals surface area contributed by atoms with Crippen LogP contribution in [0.15, 0.2) is 0 Å². The van der Waals surface area contributed by atoms with Crippen LogP contribution in [-0.2, 0) is 10.7 Å². The van der Waals surface area contributed by atoms with E-state index in [0.29, 0.717) is 5.75 Å². The molecule has 0 N–H and O–H groups in total. The monoisotopic (exact) mass is 190 g/mol. The fraction of sp³-hybridized carbons (Fsp3) is 0.875. The first-order valence-electron chi connectivity index (χ1n) is 4.45. The van der Waals surface area contributed by atoms with Gasteiger partial charge in [0.25, 0.3) is 0 Å². The Labute approximate surface area is 75.7 Å². The van der Waals surface area contributed by atoms with Gasteiger partial charge < -0.3 is 4.90 Å². The van der Waals surface area contributed by atoms with Crippen molar-refractivity contribution in [1.29, 1.82) is 0 Å². The van der Waals surface area contributed by atoms with Gasteiger partial charge in [0.2, 0.25) is 0 Å². The van der Waals surface area contributed by atoms with Crippen molar-refractivity contribution in [2.45, 2.75) is 19.3 Å². The molecule has 1 rings (SSSR count). The molecule has 12 heavy (non-hydrogen) atoms. The number of rotatable bonds is 4. The second-order valence-electron chi connectivity index (χ2n) is 3.12. The Hall–Kier alpha value is -0.0900. The molecule has 1 radical (unpaired) electrons. The lowest BCUT2D eigenvalue weighted by molar-refractivity contribution is 0.255. The van der Waals surface area contributed by atoms with E-state index < -0.39 is 10.7 Å². The minimum Gasteiger partial charge on any atom is -0.303 e. The SMILES string of the molecule is O=[SH](=O)CCCN1CC[CH]CC1. The van der Waals surface area contributed by atoms with Crippen LogP contribution < -0.4 is 0 Å². The fourth-order valence-corrected chi connectivity index (χ4v) is 1.85. The lowest BCUT2D eigenvalue weighted by Crippen LogP contribution is -2.31. The van der Waals surface area contributed by atoms with E-state index in [1.165, 1.54) is 0 Å². The van der Waals surface area contributed by atoms with Crippen molar-refractivity contribution in [1.82, 2.24) is 4.90 Å². The van der Waals surface area contributed by atoms with E-state index in [0.717, 1.165) is 38.9 Å². The summed E-state index contributed by atoms with van der Waals surface area (Å²) in [5.74, 6) is 0.343. The minimum absolute atomic E-state index is 0.343. The lowest BCUT2D eigenvalue weighted by atomic mass is 10.1. The molecule has 0 aliphatic carbocycles. The Bertz CT molecular complexity index is 177. The van der Waals surface area contributed by atoms with Crippen LogP contribution >= 0.6 is 0 Å². The van der Waals surface area contributed by atoms with Gasteiger partial charge in [0, 0.05) is 5.75 Å². The summed E-state index contributed by atoms with van der Waals surface area (Å²) in [7, 11) is -2.16. The Kier molecular flexibility index (Phi) is 4.61. The molecule has 0 aromatic rings. The van der Waals surface area contributed by atoms with Crippen LogP contribution in [0.4, 0.5) is 0 Å². The van der Waals surface area contributed by atoms with Crippen LogP contribution in [0.2, 0.25) is 0 Å². The molecule has 1 fully saturated rings. The summed E-state index contributed by atoms with van der Waals surface area (Å²) in [6.45, 7) is 3.16. The van der Waals surface area contributed by atoms with Crippen LogP contribution in [0, 0.1) is 6.42 Å². The number of hydrogen-bond acceptors (Lipinski definition) is 3. The van der Waals surface area contributed by atoms with Crippen molar-refractivity contribution in [3.8, 4) is 0 Å². The number of nitrogens with zero attached hydrogens (tertiary/aromatic N) is 1. The molecule has 3 nitrogen and oxygen atoms in total. The highest BCUT2D eigenvalue weighted by Gasteiger charge is 2.08. The van der Waals surface area contributed by atoms with Crippen molar-refractivity contribution in [2.75, 3.05) is 25.4 Å². The van der Waals surface area contributed by atoms with E-state index in [9.17, 15) is 8.42 Å². The third kappa shape index (κ3) is 4.07. The molecular formula is C8H16NO2S. The zero-order valence-electron chi connectivity index (χ0n) is 7.24. The van der Waals surface area contributed by atoms with E-state index in [4.69, 9.17) is 0 Å². The number of piperidine rings is 1. The predicted molar refractivity (Wildman–Crippen MR) is 49.8 cm³/mol. The molecule has 1 aliphatic rings. The van der Waals surface area contributed by atoms with Crippen molar-refractivity contribution in [3.63, 3.8) is 0 Å². The Morgan fingerprint density at radius 2 is 1.92 bits per heavy atom. The molecule has 1 heterocycles. The summed E-state index contributed by atoms with van der Waals surface area (Å²) in [5, 5.41) is 0. The molecule has 1 saturated heterocycles. The predicted octanol–water partition coefficient (Wildman–Crippen LogP) is 0.288. The maximum atomic E-state index is 10.3. The summed E-state index contributed by atoms with van der Waals surface area (Å²) < 4.78 is 20.5. The average molecular weight is 190 g/mol. The van der Waals surface area contributed by atoms with E-state index in [-0.39, 0.29) is 0 Å². The van der Waals surface area contributed by atoms with Gasteiger partial charge in [-0.15, -0.1) is 0 Å². The van der Waals surface area contributed by atoms with E-state index >= 15 is 0 Å². The van der Waals surface area contributed by atoms with Crippen LogP contribution in [-0.4, -0.2) is 38.7 Å². The molecule has 0 aromatic carbocycles. The summed E-state index contributed by atoms with van der Waals surface area (Å²) in [5.41, 5.74) is 0. The molecule has 0 saturated carbocycles. The van der Waals surface area contributed by atoms with Gasteiger partial charge in [-0.1, -0.05) is 0 Å². The summed E-state index contributed by atoms with van der Waals surface area (Å²) in [6.07, 6.45) is 5.40. The van der Waals surface area contributed by atoms with Gasteiger partial charge in [-0.2, -0.15) is 0 Å². The highest BCUT2D eigenvalue weighted by atomic mass is 32.2. The molecule has 0 aromatic heterocycles. The minimum atomic E-state index is -2.16. The Morgan fingerprint density at radius 1 is 1.25 bits per heavy atom. The topological polar surface area (TPSA) is 37.4 Å². The van der Waals surface area contributed by atoms with Gasteiger partial charge in [0.15, 0.2) is 0 Å². The third-order valence-electron chi connectivity index (χ3n) is 2.11. The van der Waals surface area contributed by atoms with Crippen LogP contribution in [0.5, 0.6) is 0 Å². The number of hydrogen-bond donors (Lipinski definition) is 1. The van der Waals surface area contributed by atoms with Crippen molar-refractivity contribution in [2.24, 2.45) is 0 Å². The quantitative estimate of drug-likeness (QED) is 0.647. The van der Waals surface area contributed by atoms with Gasteiger partial charge in [-0.3, -0.25) is 0 Å². The Balaban J connectivity index is 2.05. The number of likely N-dealkylation sites (tertiary alicyclic amines) is 1. The molecule has 4 heteroatoms. The first kappa shape index (κ1) is 9.99. The van der Waals surface area contributed by atoms with Crippen molar-refractivity contribution in [3.05, 3.63) is 6.42 Å². The van der Waals surface area contributed by atoms with Crippen LogP contribution in [0.25, 0.3) is 0 Å². The smallest absolute Gasteiger partial charge is 0.140 e. The van der Waals surface area contributed by atoms with E-state index in [2.05, 4.69) is 11.3 Å². The highest BCUT2D eigenvalue weighted by Crippen LogP contribution is 2.07.